The molecule has 0 bridgehead atoms. The fourth-order valence-corrected chi connectivity index (χ4v) is 2.78. The minimum absolute atomic E-state index is 0.372. The number of pyridine rings is 1. The first-order valence-electron chi connectivity index (χ1n) is 7.70. The van der Waals surface area contributed by atoms with Crippen LogP contribution in [-0.4, -0.2) is 17.0 Å². The summed E-state index contributed by atoms with van der Waals surface area (Å²) in [5, 5.41) is 15.8. The fourth-order valence-electron chi connectivity index (χ4n) is 2.78. The summed E-state index contributed by atoms with van der Waals surface area (Å²) in [6.45, 7) is 0. The highest BCUT2D eigenvalue weighted by atomic mass is 15.2. The molecule has 5 nitrogen and oxygen atoms in total. The van der Waals surface area contributed by atoms with E-state index in [-0.39, 0.29) is 0 Å². The Hall–Kier alpha value is -2.61. The number of allylic oxidation sites excluding steroid dienone is 2. The number of nitrogens with zero attached hydrogens (tertiary/aromatic N) is 3. The van der Waals surface area contributed by atoms with Crippen LogP contribution in [0.5, 0.6) is 0 Å². The molecular weight excluding hydrogens is 274 g/mol. The Balaban J connectivity index is 1.84. The van der Waals surface area contributed by atoms with Crippen molar-refractivity contribution >= 4 is 11.5 Å². The molecule has 22 heavy (non-hydrogen) atoms. The minimum Gasteiger partial charge on any atom is -0.333 e. The van der Waals surface area contributed by atoms with Crippen LogP contribution in [0.3, 0.4) is 0 Å². The van der Waals surface area contributed by atoms with E-state index in [9.17, 15) is 5.26 Å². The van der Waals surface area contributed by atoms with Crippen molar-refractivity contribution in [2.75, 3.05) is 0 Å². The van der Waals surface area contributed by atoms with Crippen molar-refractivity contribution in [1.82, 2.24) is 15.6 Å². The number of rotatable bonds is 2. The molecule has 1 saturated carbocycles. The van der Waals surface area contributed by atoms with E-state index >= 15 is 0 Å². The van der Waals surface area contributed by atoms with Gasteiger partial charge in [0, 0.05) is 12.4 Å². The number of hydrogen-bond acceptors (Lipinski definition) is 3. The van der Waals surface area contributed by atoms with Crippen LogP contribution in [0.2, 0.25) is 0 Å². The van der Waals surface area contributed by atoms with Crippen LogP contribution >= 0.6 is 0 Å². The molecule has 0 spiro atoms. The molecule has 0 atom stereocenters. The van der Waals surface area contributed by atoms with Crippen molar-refractivity contribution in [2.24, 2.45) is 4.99 Å². The molecule has 0 aromatic carbocycles. The maximum absolute atomic E-state index is 9.46. The molecule has 5 heteroatoms. The molecule has 1 fully saturated rings. The van der Waals surface area contributed by atoms with E-state index in [4.69, 9.17) is 4.99 Å². The van der Waals surface area contributed by atoms with Gasteiger partial charge in [0.1, 0.15) is 11.6 Å². The summed E-state index contributed by atoms with van der Waals surface area (Å²) in [5.41, 5.74) is 1.92. The van der Waals surface area contributed by atoms with Crippen LogP contribution in [0.15, 0.2) is 47.4 Å². The number of hydrogen-bond donors (Lipinski definition) is 2. The van der Waals surface area contributed by atoms with Crippen LogP contribution in [0.25, 0.3) is 5.57 Å². The van der Waals surface area contributed by atoms with Gasteiger partial charge in [0.05, 0.1) is 17.4 Å². The largest absolute Gasteiger partial charge is 0.333 e. The highest BCUT2D eigenvalue weighted by Crippen LogP contribution is 2.21. The number of nitriles is 1. The van der Waals surface area contributed by atoms with Crippen LogP contribution in [0.4, 0.5) is 0 Å². The third-order valence-electron chi connectivity index (χ3n) is 3.91. The van der Waals surface area contributed by atoms with Gasteiger partial charge in [-0.2, -0.15) is 5.26 Å². The lowest BCUT2D eigenvalue weighted by molar-refractivity contribution is 0.442. The zero-order valence-corrected chi connectivity index (χ0v) is 12.4. The first-order valence-corrected chi connectivity index (χ1v) is 7.70. The summed E-state index contributed by atoms with van der Waals surface area (Å²) in [4.78, 5) is 8.99. The number of aromatic nitrogens is 1. The molecule has 0 radical (unpaired) electrons. The molecule has 1 aliphatic heterocycles. The van der Waals surface area contributed by atoms with Crippen molar-refractivity contribution in [3.05, 3.63) is 48.1 Å². The third kappa shape index (κ3) is 3.34. The van der Waals surface area contributed by atoms with E-state index in [1.807, 2.05) is 30.5 Å². The molecule has 2 N–H and O–H groups in total. The normalized spacial score (nSPS) is 22.6. The van der Waals surface area contributed by atoms with Gasteiger partial charge in [0.25, 0.3) is 0 Å². The van der Waals surface area contributed by atoms with E-state index in [2.05, 4.69) is 21.7 Å². The Labute approximate surface area is 130 Å². The van der Waals surface area contributed by atoms with Gasteiger partial charge in [0.15, 0.2) is 5.96 Å². The monoisotopic (exact) mass is 293 g/mol. The van der Waals surface area contributed by atoms with E-state index in [0.717, 1.165) is 18.5 Å². The zero-order chi connectivity index (χ0) is 15.2. The van der Waals surface area contributed by atoms with Gasteiger partial charge < -0.3 is 10.6 Å². The van der Waals surface area contributed by atoms with E-state index < -0.39 is 0 Å². The van der Waals surface area contributed by atoms with Gasteiger partial charge in [-0.05, 0) is 31.1 Å². The number of aliphatic imine (C=N–C) groups is 1. The molecule has 0 unspecified atom stereocenters. The van der Waals surface area contributed by atoms with Crippen LogP contribution < -0.4 is 10.6 Å². The highest BCUT2D eigenvalue weighted by molar-refractivity contribution is 5.89. The quantitative estimate of drug-likeness (QED) is 0.822. The summed E-state index contributed by atoms with van der Waals surface area (Å²) < 4.78 is 0. The van der Waals surface area contributed by atoms with Crippen LogP contribution in [0, 0.1) is 11.3 Å². The second-order valence-corrected chi connectivity index (χ2v) is 5.49. The molecular formula is C17H19N5. The van der Waals surface area contributed by atoms with Crippen molar-refractivity contribution in [1.29, 1.82) is 5.26 Å². The molecule has 0 amide bonds. The third-order valence-corrected chi connectivity index (χ3v) is 3.91. The molecule has 1 aromatic heterocycles. The average Bonchev–Trinajstić information content (AvgIpc) is 2.58. The molecule has 3 rings (SSSR count). The smallest absolute Gasteiger partial charge is 0.200 e. The van der Waals surface area contributed by atoms with Crippen LogP contribution in [0.1, 0.15) is 37.8 Å². The number of guanidine groups is 1. The molecule has 112 valence electrons. The summed E-state index contributed by atoms with van der Waals surface area (Å²) >= 11 is 0. The van der Waals surface area contributed by atoms with Gasteiger partial charge >= 0.3 is 0 Å². The highest BCUT2D eigenvalue weighted by Gasteiger charge is 2.16. The maximum atomic E-state index is 9.46. The fraction of sp³-hybridized carbons (Fsp3) is 0.353. The van der Waals surface area contributed by atoms with E-state index in [0.29, 0.717) is 23.3 Å². The first-order chi connectivity index (χ1) is 10.9. The maximum Gasteiger partial charge on any atom is 0.200 e. The SMILES string of the molecule is N#C/C(=C1/C=CNC(=NC2CCCCC2)N1)c1ccccn1. The minimum atomic E-state index is 0.372. The molecule has 2 aliphatic rings. The zero-order valence-electron chi connectivity index (χ0n) is 12.4. The number of nitrogens with one attached hydrogen (secondary N) is 2. The summed E-state index contributed by atoms with van der Waals surface area (Å²) in [7, 11) is 0. The lowest BCUT2D eigenvalue weighted by Crippen LogP contribution is -2.38. The van der Waals surface area contributed by atoms with Crippen molar-refractivity contribution in [3.63, 3.8) is 0 Å². The Morgan fingerprint density at radius 2 is 2.14 bits per heavy atom. The van der Waals surface area contributed by atoms with Crippen LogP contribution in [-0.2, 0) is 0 Å². The van der Waals surface area contributed by atoms with Gasteiger partial charge in [-0.1, -0.05) is 25.3 Å². The molecule has 1 aliphatic carbocycles. The Kier molecular flexibility index (Phi) is 4.50. The van der Waals surface area contributed by atoms with Gasteiger partial charge in [-0.15, -0.1) is 0 Å². The lowest BCUT2D eigenvalue weighted by Gasteiger charge is -2.22. The topological polar surface area (TPSA) is 73.1 Å². The van der Waals surface area contributed by atoms with E-state index in [1.54, 1.807) is 6.20 Å². The Morgan fingerprint density at radius 1 is 1.27 bits per heavy atom. The Morgan fingerprint density at radius 3 is 2.86 bits per heavy atom. The Bertz CT molecular complexity index is 645. The predicted octanol–water partition coefficient (Wildman–Crippen LogP) is 2.71. The van der Waals surface area contributed by atoms with Gasteiger partial charge in [-0.25, -0.2) is 4.99 Å². The second-order valence-electron chi connectivity index (χ2n) is 5.49. The average molecular weight is 293 g/mol. The summed E-state index contributed by atoms with van der Waals surface area (Å²) in [5.74, 6) is 0.716. The molecule has 0 saturated heterocycles. The summed E-state index contributed by atoms with van der Waals surface area (Å²) in [6, 6.07) is 8.15. The molecule has 2 heterocycles. The first kappa shape index (κ1) is 14.3. The standard InChI is InChI=1S/C17H19N5/c18-12-14(15-8-4-5-10-19-15)16-9-11-20-17(22-16)21-13-6-2-1-3-7-13/h4-5,8-11,13H,1-3,6-7H2,(H2,20,21,22)/b16-14+. The predicted molar refractivity (Wildman–Crippen MR) is 86.5 cm³/mol. The second kappa shape index (κ2) is 6.90. The summed E-state index contributed by atoms with van der Waals surface area (Å²) in [6.07, 6.45) is 11.4. The van der Waals surface area contributed by atoms with E-state index in [1.165, 1.54) is 19.3 Å². The van der Waals surface area contributed by atoms with Gasteiger partial charge in [0.2, 0.25) is 0 Å². The van der Waals surface area contributed by atoms with Gasteiger partial charge in [-0.3, -0.25) is 4.98 Å². The lowest BCUT2D eigenvalue weighted by atomic mass is 9.96. The van der Waals surface area contributed by atoms with Crippen molar-refractivity contribution in [3.8, 4) is 6.07 Å². The van der Waals surface area contributed by atoms with Crippen molar-refractivity contribution < 1.29 is 0 Å². The molecule has 1 aromatic rings. The van der Waals surface area contributed by atoms with Crippen molar-refractivity contribution in [2.45, 2.75) is 38.1 Å².